The summed E-state index contributed by atoms with van der Waals surface area (Å²) in [5, 5.41) is 0.396. The standard InChI is InChI=1S/C18H17ClN2O4/c19-14-6-4-5-13(11-14)18(24)25-12-17(23)21(10-9-16(20)22)15-7-2-1-3-8-15/h1-8,11H,9-10,12H2,(H2,20,22). The number of primary amides is 1. The van der Waals surface area contributed by atoms with Gasteiger partial charge in [-0.1, -0.05) is 35.9 Å². The third-order valence-electron chi connectivity index (χ3n) is 3.34. The van der Waals surface area contributed by atoms with Crippen molar-refractivity contribution in [1.29, 1.82) is 0 Å². The molecular weight excluding hydrogens is 344 g/mol. The summed E-state index contributed by atoms with van der Waals surface area (Å²) in [6.07, 6.45) is 0.00285. The number of benzene rings is 2. The van der Waals surface area contributed by atoms with Crippen molar-refractivity contribution in [3.8, 4) is 0 Å². The Morgan fingerprint density at radius 3 is 2.40 bits per heavy atom. The Kier molecular flexibility index (Phi) is 6.54. The lowest BCUT2D eigenvalue weighted by Gasteiger charge is -2.22. The van der Waals surface area contributed by atoms with Crippen LogP contribution in [0.4, 0.5) is 5.69 Å². The van der Waals surface area contributed by atoms with E-state index in [4.69, 9.17) is 22.1 Å². The van der Waals surface area contributed by atoms with Gasteiger partial charge in [0.05, 0.1) is 5.56 Å². The Balaban J connectivity index is 2.03. The van der Waals surface area contributed by atoms with Crippen LogP contribution in [0.2, 0.25) is 5.02 Å². The molecule has 0 aliphatic carbocycles. The van der Waals surface area contributed by atoms with Gasteiger partial charge in [0, 0.05) is 23.7 Å². The number of nitrogens with two attached hydrogens (primary N) is 1. The van der Waals surface area contributed by atoms with E-state index in [2.05, 4.69) is 0 Å². The van der Waals surface area contributed by atoms with Gasteiger partial charge in [-0.2, -0.15) is 0 Å². The molecule has 0 saturated heterocycles. The van der Waals surface area contributed by atoms with Crippen LogP contribution >= 0.6 is 11.6 Å². The van der Waals surface area contributed by atoms with Crippen LogP contribution in [0.1, 0.15) is 16.8 Å². The highest BCUT2D eigenvalue weighted by molar-refractivity contribution is 6.30. The van der Waals surface area contributed by atoms with Crippen molar-refractivity contribution in [3.05, 3.63) is 65.2 Å². The van der Waals surface area contributed by atoms with Gasteiger partial charge in [-0.25, -0.2) is 4.79 Å². The summed E-state index contributed by atoms with van der Waals surface area (Å²) in [4.78, 5) is 36.8. The first-order valence-electron chi connectivity index (χ1n) is 7.54. The topological polar surface area (TPSA) is 89.7 Å². The molecule has 2 N–H and O–H groups in total. The number of ether oxygens (including phenoxy) is 1. The molecule has 0 aliphatic rings. The molecular formula is C18H17ClN2O4. The molecule has 2 amide bonds. The highest BCUT2D eigenvalue weighted by atomic mass is 35.5. The van der Waals surface area contributed by atoms with Crippen LogP contribution in [0.3, 0.4) is 0 Å². The minimum absolute atomic E-state index is 0.00285. The first kappa shape index (κ1) is 18.5. The molecule has 7 heteroatoms. The van der Waals surface area contributed by atoms with Crippen LogP contribution in [0.5, 0.6) is 0 Å². The number of halogens is 1. The fraction of sp³-hybridized carbons (Fsp3) is 0.167. The van der Waals surface area contributed by atoms with Crippen LogP contribution < -0.4 is 10.6 Å². The molecule has 0 radical (unpaired) electrons. The van der Waals surface area contributed by atoms with Crippen LogP contribution in [-0.4, -0.2) is 30.9 Å². The lowest BCUT2D eigenvalue weighted by molar-refractivity contribution is -0.121. The van der Waals surface area contributed by atoms with Crippen LogP contribution in [-0.2, 0) is 14.3 Å². The quantitative estimate of drug-likeness (QED) is 0.768. The molecule has 0 spiro atoms. The number of anilines is 1. The summed E-state index contributed by atoms with van der Waals surface area (Å²) in [7, 11) is 0. The molecule has 0 heterocycles. The van der Waals surface area contributed by atoms with E-state index in [1.165, 1.54) is 11.0 Å². The average Bonchev–Trinajstić information content (AvgIpc) is 2.60. The molecule has 0 bridgehead atoms. The predicted octanol–water partition coefficient (Wildman–Crippen LogP) is 2.41. The molecule has 2 aromatic rings. The second kappa shape index (κ2) is 8.84. The van der Waals surface area contributed by atoms with Crippen molar-refractivity contribution in [1.82, 2.24) is 0 Å². The zero-order valence-electron chi connectivity index (χ0n) is 13.4. The van der Waals surface area contributed by atoms with Gasteiger partial charge >= 0.3 is 5.97 Å². The number of esters is 1. The molecule has 0 atom stereocenters. The summed E-state index contributed by atoms with van der Waals surface area (Å²) >= 11 is 5.83. The maximum atomic E-state index is 12.4. The van der Waals surface area contributed by atoms with E-state index in [1.807, 2.05) is 0 Å². The molecule has 0 fully saturated rings. The van der Waals surface area contributed by atoms with Crippen molar-refractivity contribution in [2.24, 2.45) is 5.73 Å². The molecule has 130 valence electrons. The third-order valence-corrected chi connectivity index (χ3v) is 3.57. The maximum Gasteiger partial charge on any atom is 0.338 e. The monoisotopic (exact) mass is 360 g/mol. The van der Waals surface area contributed by atoms with Gasteiger partial charge in [-0.3, -0.25) is 9.59 Å². The number of carbonyl (C=O) groups is 3. The second-order valence-corrected chi connectivity index (χ2v) is 5.62. The molecule has 25 heavy (non-hydrogen) atoms. The van der Waals surface area contributed by atoms with E-state index < -0.39 is 24.4 Å². The summed E-state index contributed by atoms with van der Waals surface area (Å²) in [5.41, 5.74) is 6.00. The van der Waals surface area contributed by atoms with Crippen molar-refractivity contribution in [2.45, 2.75) is 6.42 Å². The van der Waals surface area contributed by atoms with Gasteiger partial charge < -0.3 is 15.4 Å². The van der Waals surface area contributed by atoms with E-state index >= 15 is 0 Å². The highest BCUT2D eigenvalue weighted by Crippen LogP contribution is 2.15. The fourth-order valence-corrected chi connectivity index (χ4v) is 2.32. The number of hydrogen-bond donors (Lipinski definition) is 1. The van der Waals surface area contributed by atoms with Gasteiger partial charge in [0.15, 0.2) is 6.61 Å². The van der Waals surface area contributed by atoms with Gasteiger partial charge in [-0.15, -0.1) is 0 Å². The van der Waals surface area contributed by atoms with Crippen molar-refractivity contribution < 1.29 is 19.1 Å². The Bertz CT molecular complexity index is 765. The van der Waals surface area contributed by atoms with Gasteiger partial charge in [0.2, 0.25) is 5.91 Å². The average molecular weight is 361 g/mol. The molecule has 0 unspecified atom stereocenters. The Morgan fingerprint density at radius 2 is 1.76 bits per heavy atom. The number of hydrogen-bond acceptors (Lipinski definition) is 4. The third kappa shape index (κ3) is 5.61. The van der Waals surface area contributed by atoms with Crippen LogP contribution in [0.15, 0.2) is 54.6 Å². The maximum absolute atomic E-state index is 12.4. The van der Waals surface area contributed by atoms with E-state index in [0.717, 1.165) is 0 Å². The number of amides is 2. The summed E-state index contributed by atoms with van der Waals surface area (Å²) in [6, 6.07) is 15.0. The SMILES string of the molecule is NC(=O)CCN(C(=O)COC(=O)c1cccc(Cl)c1)c1ccccc1. The zero-order valence-corrected chi connectivity index (χ0v) is 14.1. The minimum atomic E-state index is -0.654. The number of para-hydroxylation sites is 1. The number of rotatable bonds is 7. The van der Waals surface area contributed by atoms with Crippen molar-refractivity contribution in [2.75, 3.05) is 18.1 Å². The largest absolute Gasteiger partial charge is 0.452 e. The summed E-state index contributed by atoms with van der Waals surface area (Å²) in [5.74, 6) is -1.63. The van der Waals surface area contributed by atoms with Gasteiger partial charge in [0.25, 0.3) is 5.91 Å². The fourth-order valence-electron chi connectivity index (χ4n) is 2.13. The van der Waals surface area contributed by atoms with Crippen LogP contribution in [0.25, 0.3) is 0 Å². The second-order valence-electron chi connectivity index (χ2n) is 5.18. The lowest BCUT2D eigenvalue weighted by Crippen LogP contribution is -2.37. The summed E-state index contributed by atoms with van der Waals surface area (Å²) < 4.78 is 5.05. The molecule has 2 rings (SSSR count). The number of carbonyl (C=O) groups excluding carboxylic acids is 3. The van der Waals surface area contributed by atoms with E-state index in [9.17, 15) is 14.4 Å². The van der Waals surface area contributed by atoms with Crippen molar-refractivity contribution >= 4 is 35.1 Å². The molecule has 2 aromatic carbocycles. The van der Waals surface area contributed by atoms with E-state index in [1.54, 1.807) is 48.5 Å². The highest BCUT2D eigenvalue weighted by Gasteiger charge is 2.18. The molecule has 0 aromatic heterocycles. The van der Waals surface area contributed by atoms with E-state index in [0.29, 0.717) is 10.7 Å². The first-order chi connectivity index (χ1) is 12.0. The Morgan fingerprint density at radius 1 is 1.04 bits per heavy atom. The Hall–Kier alpha value is -2.86. The van der Waals surface area contributed by atoms with Gasteiger partial charge in [0.1, 0.15) is 0 Å². The van der Waals surface area contributed by atoms with Crippen molar-refractivity contribution in [3.63, 3.8) is 0 Å². The molecule has 6 nitrogen and oxygen atoms in total. The molecule has 0 saturated carbocycles. The minimum Gasteiger partial charge on any atom is -0.452 e. The zero-order chi connectivity index (χ0) is 18.2. The predicted molar refractivity (Wildman–Crippen MR) is 94.3 cm³/mol. The molecule has 0 aliphatic heterocycles. The van der Waals surface area contributed by atoms with Gasteiger partial charge in [-0.05, 0) is 30.3 Å². The lowest BCUT2D eigenvalue weighted by atomic mass is 10.2. The Labute approximate surface area is 150 Å². The van der Waals surface area contributed by atoms with E-state index in [-0.39, 0.29) is 18.5 Å². The normalized spacial score (nSPS) is 10.1. The first-order valence-corrected chi connectivity index (χ1v) is 7.91. The smallest absolute Gasteiger partial charge is 0.338 e. The number of nitrogens with zero attached hydrogens (tertiary/aromatic N) is 1. The summed E-state index contributed by atoms with van der Waals surface area (Å²) in [6.45, 7) is -0.355. The van der Waals surface area contributed by atoms with Crippen LogP contribution in [0, 0.1) is 0 Å².